The summed E-state index contributed by atoms with van der Waals surface area (Å²) in [5, 5.41) is 5.11. The van der Waals surface area contributed by atoms with Crippen LogP contribution in [0, 0.1) is 12.7 Å². The van der Waals surface area contributed by atoms with Gasteiger partial charge in [-0.25, -0.2) is 9.18 Å². The zero-order valence-corrected chi connectivity index (χ0v) is 17.1. The maximum Gasteiger partial charge on any atom is 0.329 e. The molecule has 6 nitrogen and oxygen atoms in total. The molecule has 0 unspecified atom stereocenters. The fraction of sp³-hybridized carbons (Fsp3) is 0.286. The van der Waals surface area contributed by atoms with Crippen LogP contribution in [0.3, 0.4) is 0 Å². The quantitative estimate of drug-likeness (QED) is 0.611. The zero-order valence-electron chi connectivity index (χ0n) is 16.2. The molecule has 2 N–H and O–H groups in total. The standard InChI is InChI=1S/C21H23FN2O4S/c1-14-8-9-16(12-17(14)22)23-19(25)13-28-21(27)18(10-11-29-2)24-20(26)15-6-4-3-5-7-15/h3-9,12,18H,10-11,13H2,1-2H3,(H,23,25)(H,24,26)/t18-/m0/s1. The fourth-order valence-corrected chi connectivity index (χ4v) is 2.89. The average Bonchev–Trinajstić information content (AvgIpc) is 2.72. The zero-order chi connectivity index (χ0) is 21.2. The molecule has 2 aromatic rings. The number of carbonyl (C=O) groups excluding carboxylic acids is 3. The van der Waals surface area contributed by atoms with Crippen LogP contribution in [-0.2, 0) is 14.3 Å². The first-order chi connectivity index (χ1) is 13.9. The molecule has 0 aliphatic heterocycles. The van der Waals surface area contributed by atoms with E-state index in [-0.39, 0.29) is 5.69 Å². The monoisotopic (exact) mass is 418 g/mol. The minimum atomic E-state index is -0.875. The van der Waals surface area contributed by atoms with Crippen molar-refractivity contribution in [2.75, 3.05) is 23.9 Å². The predicted molar refractivity (Wildman–Crippen MR) is 111 cm³/mol. The molecule has 1 atom stereocenters. The molecule has 0 aromatic heterocycles. The lowest BCUT2D eigenvalue weighted by atomic mass is 10.1. The molecule has 2 amide bonds. The lowest BCUT2D eigenvalue weighted by molar-refractivity contribution is -0.149. The van der Waals surface area contributed by atoms with Gasteiger partial charge in [-0.05, 0) is 55.2 Å². The van der Waals surface area contributed by atoms with Crippen LogP contribution in [-0.4, -0.2) is 42.4 Å². The van der Waals surface area contributed by atoms with Gasteiger partial charge in [-0.2, -0.15) is 11.8 Å². The normalized spacial score (nSPS) is 11.4. The van der Waals surface area contributed by atoms with E-state index in [9.17, 15) is 18.8 Å². The fourth-order valence-electron chi connectivity index (χ4n) is 2.42. The van der Waals surface area contributed by atoms with E-state index in [0.29, 0.717) is 23.3 Å². The lowest BCUT2D eigenvalue weighted by Gasteiger charge is -2.17. The van der Waals surface area contributed by atoms with E-state index in [1.54, 1.807) is 43.3 Å². The van der Waals surface area contributed by atoms with Crippen LogP contribution in [0.5, 0.6) is 0 Å². The molecule has 0 saturated carbocycles. The van der Waals surface area contributed by atoms with Crippen LogP contribution in [0.2, 0.25) is 0 Å². The third-order valence-electron chi connectivity index (χ3n) is 4.04. The van der Waals surface area contributed by atoms with Crippen molar-refractivity contribution in [1.82, 2.24) is 5.32 Å². The van der Waals surface area contributed by atoms with E-state index in [0.717, 1.165) is 0 Å². The molecular formula is C21H23FN2O4S. The number of nitrogens with one attached hydrogen (secondary N) is 2. The summed E-state index contributed by atoms with van der Waals surface area (Å²) in [6, 6.07) is 11.9. The number of thioether (sulfide) groups is 1. The first-order valence-electron chi connectivity index (χ1n) is 8.98. The molecular weight excluding hydrogens is 395 g/mol. The number of ether oxygens (including phenoxy) is 1. The van der Waals surface area contributed by atoms with Gasteiger partial charge in [0.2, 0.25) is 0 Å². The lowest BCUT2D eigenvalue weighted by Crippen LogP contribution is -2.43. The third-order valence-corrected chi connectivity index (χ3v) is 4.68. The predicted octanol–water partition coefficient (Wildman–Crippen LogP) is 3.17. The number of hydrogen-bond acceptors (Lipinski definition) is 5. The van der Waals surface area contributed by atoms with Gasteiger partial charge in [0.15, 0.2) is 6.61 Å². The highest BCUT2D eigenvalue weighted by Gasteiger charge is 2.23. The van der Waals surface area contributed by atoms with Gasteiger partial charge in [0, 0.05) is 11.3 Å². The highest BCUT2D eigenvalue weighted by Crippen LogP contribution is 2.13. The number of esters is 1. The Kier molecular flexibility index (Phi) is 8.67. The van der Waals surface area contributed by atoms with E-state index in [2.05, 4.69) is 10.6 Å². The second-order valence-corrected chi connectivity index (χ2v) is 7.28. The number of anilines is 1. The Morgan fingerprint density at radius 2 is 1.86 bits per heavy atom. The number of halogens is 1. The largest absolute Gasteiger partial charge is 0.454 e. The molecule has 0 fully saturated rings. The molecule has 0 aliphatic carbocycles. The Morgan fingerprint density at radius 3 is 2.52 bits per heavy atom. The molecule has 0 heterocycles. The first kappa shape index (κ1) is 22.4. The van der Waals surface area contributed by atoms with Crippen LogP contribution in [0.15, 0.2) is 48.5 Å². The second kappa shape index (κ2) is 11.2. The van der Waals surface area contributed by atoms with Gasteiger partial charge in [-0.15, -0.1) is 0 Å². The minimum Gasteiger partial charge on any atom is -0.454 e. The van der Waals surface area contributed by atoms with Gasteiger partial charge in [-0.1, -0.05) is 24.3 Å². The Balaban J connectivity index is 1.91. The van der Waals surface area contributed by atoms with Crippen LogP contribution in [0.4, 0.5) is 10.1 Å². The highest BCUT2D eigenvalue weighted by atomic mass is 32.2. The smallest absolute Gasteiger partial charge is 0.329 e. The number of amides is 2. The summed E-state index contributed by atoms with van der Waals surface area (Å²) >= 11 is 1.53. The SMILES string of the molecule is CSCC[C@H](NC(=O)c1ccccc1)C(=O)OCC(=O)Nc1ccc(C)c(F)c1. The summed E-state index contributed by atoms with van der Waals surface area (Å²) < 4.78 is 18.6. The minimum absolute atomic E-state index is 0.269. The van der Waals surface area contributed by atoms with Crippen molar-refractivity contribution in [3.63, 3.8) is 0 Å². The van der Waals surface area contributed by atoms with Crippen molar-refractivity contribution in [2.45, 2.75) is 19.4 Å². The number of aryl methyl sites for hydroxylation is 1. The van der Waals surface area contributed by atoms with Crippen molar-refractivity contribution < 1.29 is 23.5 Å². The summed E-state index contributed by atoms with van der Waals surface area (Å²) in [5.74, 6) is -1.51. The van der Waals surface area contributed by atoms with Crippen molar-refractivity contribution in [3.8, 4) is 0 Å². The van der Waals surface area contributed by atoms with Crippen molar-refractivity contribution in [3.05, 3.63) is 65.5 Å². The Hall–Kier alpha value is -2.87. The topological polar surface area (TPSA) is 84.5 Å². The van der Waals surface area contributed by atoms with E-state index in [1.165, 1.54) is 23.9 Å². The first-order valence-corrected chi connectivity index (χ1v) is 10.4. The highest BCUT2D eigenvalue weighted by molar-refractivity contribution is 7.98. The van der Waals surface area contributed by atoms with Crippen LogP contribution < -0.4 is 10.6 Å². The van der Waals surface area contributed by atoms with Gasteiger partial charge in [0.1, 0.15) is 11.9 Å². The van der Waals surface area contributed by atoms with Gasteiger partial charge in [0.25, 0.3) is 11.8 Å². The van der Waals surface area contributed by atoms with Crippen molar-refractivity contribution in [1.29, 1.82) is 0 Å². The maximum atomic E-state index is 13.6. The summed E-state index contributed by atoms with van der Waals surface area (Å²) in [6.45, 7) is 1.08. The second-order valence-electron chi connectivity index (χ2n) is 6.29. The molecule has 0 bridgehead atoms. The van der Waals surface area contributed by atoms with Gasteiger partial charge < -0.3 is 15.4 Å². The van der Waals surface area contributed by atoms with Crippen molar-refractivity contribution >= 4 is 35.2 Å². The van der Waals surface area contributed by atoms with E-state index in [4.69, 9.17) is 4.74 Å². The summed E-state index contributed by atoms with van der Waals surface area (Å²) in [5.41, 5.74) is 1.15. The molecule has 29 heavy (non-hydrogen) atoms. The molecule has 2 rings (SSSR count). The Morgan fingerprint density at radius 1 is 1.14 bits per heavy atom. The Bertz CT molecular complexity index is 861. The summed E-state index contributed by atoms with van der Waals surface area (Å²) in [4.78, 5) is 36.7. The molecule has 0 radical (unpaired) electrons. The molecule has 0 saturated heterocycles. The number of benzene rings is 2. The Labute approximate surface area is 173 Å². The molecule has 0 aliphatic rings. The van der Waals surface area contributed by atoms with E-state index in [1.807, 2.05) is 6.26 Å². The molecule has 154 valence electrons. The number of hydrogen-bond donors (Lipinski definition) is 2. The maximum absolute atomic E-state index is 13.6. The molecule has 2 aromatic carbocycles. The average molecular weight is 418 g/mol. The molecule has 8 heteroatoms. The summed E-state index contributed by atoms with van der Waals surface area (Å²) in [6.07, 6.45) is 2.25. The van der Waals surface area contributed by atoms with Crippen LogP contribution in [0.1, 0.15) is 22.3 Å². The van der Waals surface area contributed by atoms with E-state index < -0.39 is 36.2 Å². The molecule has 0 spiro atoms. The van der Waals surface area contributed by atoms with E-state index >= 15 is 0 Å². The summed E-state index contributed by atoms with van der Waals surface area (Å²) in [7, 11) is 0. The van der Waals surface area contributed by atoms with Gasteiger partial charge >= 0.3 is 5.97 Å². The van der Waals surface area contributed by atoms with Gasteiger partial charge in [0.05, 0.1) is 0 Å². The van der Waals surface area contributed by atoms with Crippen molar-refractivity contribution in [2.24, 2.45) is 0 Å². The number of carbonyl (C=O) groups is 3. The van der Waals surface area contributed by atoms with Gasteiger partial charge in [-0.3, -0.25) is 9.59 Å². The van der Waals surface area contributed by atoms with Crippen LogP contribution >= 0.6 is 11.8 Å². The van der Waals surface area contributed by atoms with Crippen LogP contribution in [0.25, 0.3) is 0 Å². The third kappa shape index (κ3) is 7.23. The number of rotatable bonds is 9.